The Morgan fingerprint density at radius 3 is 2.38 bits per heavy atom. The van der Waals surface area contributed by atoms with Crippen molar-refractivity contribution in [2.45, 2.75) is 18.2 Å². The minimum atomic E-state index is -3.58. The van der Waals surface area contributed by atoms with Crippen molar-refractivity contribution in [3.63, 3.8) is 0 Å². The Morgan fingerprint density at radius 1 is 1.10 bits per heavy atom. The fourth-order valence-corrected chi connectivity index (χ4v) is 5.05. The summed E-state index contributed by atoms with van der Waals surface area (Å²) in [6, 6.07) is 11.9. The number of piperazine rings is 1. The molecule has 1 saturated heterocycles. The molecule has 1 aliphatic rings. The van der Waals surface area contributed by atoms with Crippen LogP contribution >= 0.6 is 15.9 Å². The SMILES string of the molecule is Cc1cc(Br)ccc1OCCC(=O)N1CCN(S(=O)(=O)c2ccc(N)cc2)CC1. The molecule has 2 N–H and O–H groups in total. The van der Waals surface area contributed by atoms with Gasteiger partial charge in [0.2, 0.25) is 15.9 Å². The number of nitrogens with zero attached hydrogens (tertiary/aromatic N) is 2. The van der Waals surface area contributed by atoms with Crippen molar-refractivity contribution >= 4 is 37.5 Å². The van der Waals surface area contributed by atoms with E-state index in [-0.39, 0.29) is 36.9 Å². The van der Waals surface area contributed by atoms with Gasteiger partial charge in [0.1, 0.15) is 5.75 Å². The molecule has 1 aliphatic heterocycles. The van der Waals surface area contributed by atoms with Crippen LogP contribution in [0.4, 0.5) is 5.69 Å². The van der Waals surface area contributed by atoms with Gasteiger partial charge in [0.15, 0.2) is 0 Å². The molecule has 0 atom stereocenters. The van der Waals surface area contributed by atoms with Crippen molar-refractivity contribution in [2.75, 3.05) is 38.5 Å². The Morgan fingerprint density at radius 2 is 1.76 bits per heavy atom. The molecule has 0 spiro atoms. The van der Waals surface area contributed by atoms with E-state index in [2.05, 4.69) is 15.9 Å². The van der Waals surface area contributed by atoms with Crippen molar-refractivity contribution in [1.29, 1.82) is 0 Å². The first kappa shape index (κ1) is 21.6. The van der Waals surface area contributed by atoms with Gasteiger partial charge in [-0.2, -0.15) is 4.31 Å². The quantitative estimate of drug-likeness (QED) is 0.640. The number of anilines is 1. The number of ether oxygens (including phenoxy) is 1. The maximum absolute atomic E-state index is 12.7. The number of rotatable bonds is 6. The Kier molecular flexibility index (Phi) is 6.81. The van der Waals surface area contributed by atoms with Crippen LogP contribution in [0.1, 0.15) is 12.0 Å². The molecule has 2 aromatic rings. The van der Waals surface area contributed by atoms with Crippen molar-refractivity contribution in [3.05, 3.63) is 52.5 Å². The van der Waals surface area contributed by atoms with Crippen LogP contribution in [0.5, 0.6) is 5.75 Å². The monoisotopic (exact) mass is 481 g/mol. The molecule has 0 radical (unpaired) electrons. The lowest BCUT2D eigenvalue weighted by Crippen LogP contribution is -2.50. The van der Waals surface area contributed by atoms with E-state index in [0.717, 1.165) is 15.8 Å². The summed E-state index contributed by atoms with van der Waals surface area (Å²) in [7, 11) is -3.58. The third kappa shape index (κ3) is 5.29. The molecule has 29 heavy (non-hydrogen) atoms. The lowest BCUT2D eigenvalue weighted by Gasteiger charge is -2.34. The van der Waals surface area contributed by atoms with Gasteiger partial charge in [0.25, 0.3) is 0 Å². The normalized spacial score (nSPS) is 15.3. The van der Waals surface area contributed by atoms with E-state index >= 15 is 0 Å². The van der Waals surface area contributed by atoms with Gasteiger partial charge in [-0.25, -0.2) is 8.42 Å². The standard InChI is InChI=1S/C20H24BrN3O4S/c1-15-14-16(21)2-7-19(15)28-13-8-20(25)23-9-11-24(12-10-23)29(26,27)18-5-3-17(22)4-6-18/h2-7,14H,8-13,22H2,1H3. The summed E-state index contributed by atoms with van der Waals surface area (Å²) in [5, 5.41) is 0. The fourth-order valence-electron chi connectivity index (χ4n) is 3.15. The lowest BCUT2D eigenvalue weighted by molar-refractivity contribution is -0.132. The molecule has 1 fully saturated rings. The summed E-state index contributed by atoms with van der Waals surface area (Å²) in [4.78, 5) is 14.3. The van der Waals surface area contributed by atoms with Gasteiger partial charge in [-0.1, -0.05) is 15.9 Å². The van der Waals surface area contributed by atoms with Gasteiger partial charge in [-0.05, 0) is 55.0 Å². The molecule has 1 amide bonds. The maximum atomic E-state index is 12.7. The van der Waals surface area contributed by atoms with Gasteiger partial charge in [0, 0.05) is 36.3 Å². The molecule has 0 saturated carbocycles. The van der Waals surface area contributed by atoms with Gasteiger partial charge in [0.05, 0.1) is 17.9 Å². The second kappa shape index (κ2) is 9.15. The third-order valence-electron chi connectivity index (χ3n) is 4.82. The average Bonchev–Trinajstić information content (AvgIpc) is 2.70. The summed E-state index contributed by atoms with van der Waals surface area (Å²) in [5.41, 5.74) is 7.13. The van der Waals surface area contributed by atoms with E-state index in [1.807, 2.05) is 25.1 Å². The van der Waals surface area contributed by atoms with Gasteiger partial charge in [-0.15, -0.1) is 0 Å². The summed E-state index contributed by atoms with van der Waals surface area (Å²) in [5.74, 6) is 0.713. The van der Waals surface area contributed by atoms with Crippen molar-refractivity contribution in [1.82, 2.24) is 9.21 Å². The Hall–Kier alpha value is -2.10. The number of carbonyl (C=O) groups excluding carboxylic acids is 1. The highest BCUT2D eigenvalue weighted by Gasteiger charge is 2.29. The minimum absolute atomic E-state index is 0.0377. The smallest absolute Gasteiger partial charge is 0.243 e. The molecule has 0 aromatic heterocycles. The zero-order valence-electron chi connectivity index (χ0n) is 16.2. The predicted molar refractivity (Wildman–Crippen MR) is 115 cm³/mol. The second-order valence-corrected chi connectivity index (χ2v) is 9.72. The lowest BCUT2D eigenvalue weighted by atomic mass is 10.2. The van der Waals surface area contributed by atoms with Crippen LogP contribution in [0.2, 0.25) is 0 Å². The number of nitrogens with two attached hydrogens (primary N) is 1. The van der Waals surface area contributed by atoms with E-state index in [0.29, 0.717) is 18.8 Å². The van der Waals surface area contributed by atoms with E-state index < -0.39 is 10.0 Å². The first-order chi connectivity index (χ1) is 13.8. The van der Waals surface area contributed by atoms with E-state index in [9.17, 15) is 13.2 Å². The largest absolute Gasteiger partial charge is 0.493 e. The minimum Gasteiger partial charge on any atom is -0.493 e. The van der Waals surface area contributed by atoms with Crippen LogP contribution < -0.4 is 10.5 Å². The average molecular weight is 482 g/mol. The molecule has 0 unspecified atom stereocenters. The van der Waals surface area contributed by atoms with Crippen LogP contribution in [-0.2, 0) is 14.8 Å². The number of sulfonamides is 1. The predicted octanol–water partition coefficient (Wildman–Crippen LogP) is 2.64. The van der Waals surface area contributed by atoms with E-state index in [4.69, 9.17) is 10.5 Å². The highest BCUT2D eigenvalue weighted by atomic mass is 79.9. The Labute approximate surface area is 179 Å². The number of hydrogen-bond donors (Lipinski definition) is 1. The van der Waals surface area contributed by atoms with E-state index in [1.165, 1.54) is 16.4 Å². The Balaban J connectivity index is 1.49. The van der Waals surface area contributed by atoms with Crippen LogP contribution in [0.25, 0.3) is 0 Å². The fraction of sp³-hybridized carbons (Fsp3) is 0.350. The summed E-state index contributed by atoms with van der Waals surface area (Å²) in [6.45, 7) is 3.50. The summed E-state index contributed by atoms with van der Waals surface area (Å²) in [6.07, 6.45) is 0.250. The molecular formula is C20H24BrN3O4S. The molecule has 0 aliphatic carbocycles. The number of aryl methyl sites for hydroxylation is 1. The molecule has 3 rings (SSSR count). The zero-order valence-corrected chi connectivity index (χ0v) is 18.6. The number of benzene rings is 2. The van der Waals surface area contributed by atoms with Crippen LogP contribution in [0.3, 0.4) is 0 Å². The number of nitrogen functional groups attached to an aromatic ring is 1. The highest BCUT2D eigenvalue weighted by molar-refractivity contribution is 9.10. The topological polar surface area (TPSA) is 92.9 Å². The molecule has 156 valence electrons. The van der Waals surface area contributed by atoms with Crippen LogP contribution in [-0.4, -0.2) is 56.3 Å². The maximum Gasteiger partial charge on any atom is 0.243 e. The number of carbonyl (C=O) groups is 1. The molecule has 0 bridgehead atoms. The van der Waals surface area contributed by atoms with Gasteiger partial charge < -0.3 is 15.4 Å². The molecule has 9 heteroatoms. The first-order valence-corrected chi connectivity index (χ1v) is 11.5. The highest BCUT2D eigenvalue weighted by Crippen LogP contribution is 2.22. The molecular weight excluding hydrogens is 458 g/mol. The van der Waals surface area contributed by atoms with Crippen LogP contribution in [0.15, 0.2) is 51.8 Å². The molecule has 1 heterocycles. The third-order valence-corrected chi connectivity index (χ3v) is 7.23. The first-order valence-electron chi connectivity index (χ1n) is 9.30. The van der Waals surface area contributed by atoms with Crippen molar-refractivity contribution in [3.8, 4) is 5.75 Å². The van der Waals surface area contributed by atoms with Gasteiger partial charge in [-0.3, -0.25) is 4.79 Å². The van der Waals surface area contributed by atoms with Crippen LogP contribution in [0, 0.1) is 6.92 Å². The van der Waals surface area contributed by atoms with E-state index in [1.54, 1.807) is 17.0 Å². The number of halogens is 1. The zero-order chi connectivity index (χ0) is 21.0. The number of hydrogen-bond acceptors (Lipinski definition) is 5. The second-order valence-electron chi connectivity index (χ2n) is 6.86. The van der Waals surface area contributed by atoms with Crippen molar-refractivity contribution < 1.29 is 17.9 Å². The molecule has 7 nitrogen and oxygen atoms in total. The van der Waals surface area contributed by atoms with Crippen molar-refractivity contribution in [2.24, 2.45) is 0 Å². The van der Waals surface area contributed by atoms with Gasteiger partial charge >= 0.3 is 0 Å². The number of amides is 1. The summed E-state index contributed by atoms with van der Waals surface area (Å²) < 4.78 is 33.5. The summed E-state index contributed by atoms with van der Waals surface area (Å²) >= 11 is 3.41. The Bertz CT molecular complexity index is 972. The molecule has 2 aromatic carbocycles.